The number of hydrogen-bond donors (Lipinski definition) is 2. The standard InChI is InChI=1S/C22H27FN2O4S/c23-18-6-10-20(11-7-18)29-16-2-1-15-24-22(26)14-5-17-3-12-21(13-4-17)30(27,28)25-19-8-9-19/h3-4,6-7,10-13,19,25H,1-2,5,8-9,14-16H2,(H,24,26). The summed E-state index contributed by atoms with van der Waals surface area (Å²) in [5.41, 5.74) is 0.920. The summed E-state index contributed by atoms with van der Waals surface area (Å²) < 4.78 is 45.3. The van der Waals surface area contributed by atoms with Gasteiger partial charge in [-0.25, -0.2) is 17.5 Å². The van der Waals surface area contributed by atoms with Crippen LogP contribution in [0.25, 0.3) is 0 Å². The Kier molecular flexibility index (Phi) is 7.81. The second kappa shape index (κ2) is 10.5. The van der Waals surface area contributed by atoms with Crippen LogP contribution in [0.3, 0.4) is 0 Å². The van der Waals surface area contributed by atoms with Crippen LogP contribution >= 0.6 is 0 Å². The maximum absolute atomic E-state index is 12.8. The fraction of sp³-hybridized carbons (Fsp3) is 0.409. The summed E-state index contributed by atoms with van der Waals surface area (Å²) in [6.07, 6.45) is 4.26. The molecule has 0 atom stereocenters. The Labute approximate surface area is 176 Å². The van der Waals surface area contributed by atoms with Crippen LogP contribution in [0.1, 0.15) is 37.7 Å². The van der Waals surface area contributed by atoms with Gasteiger partial charge in [0.2, 0.25) is 15.9 Å². The molecule has 0 aromatic heterocycles. The lowest BCUT2D eigenvalue weighted by molar-refractivity contribution is -0.121. The molecule has 162 valence electrons. The lowest BCUT2D eigenvalue weighted by Crippen LogP contribution is -2.25. The fourth-order valence-electron chi connectivity index (χ4n) is 2.85. The maximum atomic E-state index is 12.8. The summed E-state index contributed by atoms with van der Waals surface area (Å²) in [4.78, 5) is 12.2. The number of nitrogens with one attached hydrogen (secondary N) is 2. The summed E-state index contributed by atoms with van der Waals surface area (Å²) in [5, 5.41) is 2.87. The first-order valence-corrected chi connectivity index (χ1v) is 11.7. The van der Waals surface area contributed by atoms with Gasteiger partial charge in [0, 0.05) is 19.0 Å². The molecule has 2 aromatic carbocycles. The Morgan fingerprint density at radius 1 is 1.03 bits per heavy atom. The highest BCUT2D eigenvalue weighted by atomic mass is 32.2. The maximum Gasteiger partial charge on any atom is 0.240 e. The SMILES string of the molecule is O=C(CCc1ccc(S(=O)(=O)NC2CC2)cc1)NCCCCOc1ccc(F)cc1. The van der Waals surface area contributed by atoms with E-state index in [4.69, 9.17) is 4.74 Å². The van der Waals surface area contributed by atoms with E-state index < -0.39 is 10.0 Å². The molecular weight excluding hydrogens is 407 g/mol. The summed E-state index contributed by atoms with van der Waals surface area (Å²) in [5.74, 6) is 0.292. The van der Waals surface area contributed by atoms with Crippen molar-refractivity contribution in [2.75, 3.05) is 13.2 Å². The average molecular weight is 435 g/mol. The minimum absolute atomic E-state index is 0.0402. The van der Waals surface area contributed by atoms with Crippen LogP contribution < -0.4 is 14.8 Å². The van der Waals surface area contributed by atoms with E-state index in [2.05, 4.69) is 10.0 Å². The van der Waals surface area contributed by atoms with Gasteiger partial charge in [0.25, 0.3) is 0 Å². The number of ether oxygens (including phenoxy) is 1. The lowest BCUT2D eigenvalue weighted by Gasteiger charge is -2.08. The van der Waals surface area contributed by atoms with E-state index in [1.54, 1.807) is 36.4 Å². The molecule has 3 rings (SSSR count). The molecule has 2 N–H and O–H groups in total. The second-order valence-corrected chi connectivity index (χ2v) is 9.11. The van der Waals surface area contributed by atoms with Crippen LogP contribution in [0.5, 0.6) is 5.75 Å². The number of hydrogen-bond acceptors (Lipinski definition) is 4. The molecule has 0 bridgehead atoms. The van der Waals surface area contributed by atoms with Crippen LogP contribution in [-0.4, -0.2) is 33.5 Å². The van der Waals surface area contributed by atoms with Crippen molar-refractivity contribution >= 4 is 15.9 Å². The van der Waals surface area contributed by atoms with Gasteiger partial charge in [0.05, 0.1) is 11.5 Å². The van der Waals surface area contributed by atoms with Crippen molar-refractivity contribution in [3.8, 4) is 5.75 Å². The number of unbranched alkanes of at least 4 members (excludes halogenated alkanes) is 1. The monoisotopic (exact) mass is 434 g/mol. The summed E-state index contributed by atoms with van der Waals surface area (Å²) in [6.45, 7) is 1.07. The number of carbonyl (C=O) groups excluding carboxylic acids is 1. The highest BCUT2D eigenvalue weighted by Crippen LogP contribution is 2.22. The van der Waals surface area contributed by atoms with Crippen molar-refractivity contribution in [3.05, 3.63) is 59.9 Å². The third-order valence-corrected chi connectivity index (χ3v) is 6.29. The van der Waals surface area contributed by atoms with Gasteiger partial charge in [0.15, 0.2) is 0 Å². The van der Waals surface area contributed by atoms with E-state index in [0.717, 1.165) is 31.2 Å². The summed E-state index contributed by atoms with van der Waals surface area (Å²) in [7, 11) is -3.44. The van der Waals surface area contributed by atoms with Gasteiger partial charge in [-0.05, 0) is 74.1 Å². The molecule has 0 unspecified atom stereocenters. The van der Waals surface area contributed by atoms with Crippen molar-refractivity contribution < 1.29 is 22.3 Å². The van der Waals surface area contributed by atoms with Crippen molar-refractivity contribution in [2.24, 2.45) is 0 Å². The van der Waals surface area contributed by atoms with Crippen LogP contribution in [0.2, 0.25) is 0 Å². The van der Waals surface area contributed by atoms with E-state index in [9.17, 15) is 17.6 Å². The molecule has 30 heavy (non-hydrogen) atoms. The Balaban J connectivity index is 1.28. The molecule has 2 aromatic rings. The fourth-order valence-corrected chi connectivity index (χ4v) is 4.15. The molecule has 0 saturated heterocycles. The third-order valence-electron chi connectivity index (χ3n) is 4.75. The van der Waals surface area contributed by atoms with Gasteiger partial charge in [0.1, 0.15) is 11.6 Å². The highest BCUT2D eigenvalue weighted by Gasteiger charge is 2.27. The van der Waals surface area contributed by atoms with Gasteiger partial charge in [-0.3, -0.25) is 4.79 Å². The van der Waals surface area contributed by atoms with E-state index >= 15 is 0 Å². The number of carbonyl (C=O) groups is 1. The van der Waals surface area contributed by atoms with Crippen molar-refractivity contribution in [2.45, 2.75) is 49.5 Å². The zero-order valence-electron chi connectivity index (χ0n) is 16.8. The molecule has 8 heteroatoms. The zero-order valence-corrected chi connectivity index (χ0v) is 17.6. The lowest BCUT2D eigenvalue weighted by atomic mass is 10.1. The van der Waals surface area contributed by atoms with Gasteiger partial charge in [-0.2, -0.15) is 0 Å². The number of benzene rings is 2. The zero-order chi connectivity index (χ0) is 21.4. The van der Waals surface area contributed by atoms with Gasteiger partial charge in [-0.1, -0.05) is 12.1 Å². The van der Waals surface area contributed by atoms with Gasteiger partial charge >= 0.3 is 0 Å². The molecule has 0 aliphatic heterocycles. The first kappa shape index (κ1) is 22.2. The molecular formula is C22H27FN2O4S. The Morgan fingerprint density at radius 3 is 2.40 bits per heavy atom. The number of aryl methyl sites for hydroxylation is 1. The molecule has 0 spiro atoms. The van der Waals surface area contributed by atoms with Gasteiger partial charge < -0.3 is 10.1 Å². The normalized spacial score (nSPS) is 13.8. The van der Waals surface area contributed by atoms with Crippen LogP contribution in [0, 0.1) is 5.82 Å². The number of sulfonamides is 1. The van der Waals surface area contributed by atoms with E-state index in [1.807, 2.05) is 0 Å². The number of amides is 1. The summed E-state index contributed by atoms with van der Waals surface area (Å²) >= 11 is 0. The third kappa shape index (κ3) is 7.42. The Morgan fingerprint density at radius 2 is 1.73 bits per heavy atom. The molecule has 1 saturated carbocycles. The molecule has 1 aliphatic carbocycles. The van der Waals surface area contributed by atoms with Crippen molar-refractivity contribution in [3.63, 3.8) is 0 Å². The molecule has 1 aliphatic rings. The number of halogens is 1. The topological polar surface area (TPSA) is 84.5 Å². The quantitative estimate of drug-likeness (QED) is 0.503. The van der Waals surface area contributed by atoms with Crippen LogP contribution in [0.4, 0.5) is 4.39 Å². The second-order valence-electron chi connectivity index (χ2n) is 7.40. The van der Waals surface area contributed by atoms with E-state index in [0.29, 0.717) is 31.7 Å². The Bertz CT molecular complexity index is 927. The predicted molar refractivity (Wildman–Crippen MR) is 112 cm³/mol. The molecule has 0 heterocycles. The van der Waals surface area contributed by atoms with E-state index in [-0.39, 0.29) is 22.7 Å². The summed E-state index contributed by atoms with van der Waals surface area (Å²) in [6, 6.07) is 12.6. The minimum atomic E-state index is -3.44. The Hall–Kier alpha value is -2.45. The van der Waals surface area contributed by atoms with E-state index in [1.165, 1.54) is 12.1 Å². The largest absolute Gasteiger partial charge is 0.494 e. The molecule has 1 amide bonds. The van der Waals surface area contributed by atoms with Crippen molar-refractivity contribution in [1.82, 2.24) is 10.0 Å². The molecule has 6 nitrogen and oxygen atoms in total. The van der Waals surface area contributed by atoms with Crippen LogP contribution in [-0.2, 0) is 21.2 Å². The minimum Gasteiger partial charge on any atom is -0.494 e. The highest BCUT2D eigenvalue weighted by molar-refractivity contribution is 7.89. The van der Waals surface area contributed by atoms with Crippen molar-refractivity contribution in [1.29, 1.82) is 0 Å². The first-order chi connectivity index (χ1) is 14.4. The first-order valence-electron chi connectivity index (χ1n) is 10.2. The average Bonchev–Trinajstić information content (AvgIpc) is 3.54. The van der Waals surface area contributed by atoms with Crippen LogP contribution in [0.15, 0.2) is 53.4 Å². The molecule has 1 fully saturated rings. The van der Waals surface area contributed by atoms with Gasteiger partial charge in [-0.15, -0.1) is 0 Å². The predicted octanol–water partition coefficient (Wildman–Crippen LogP) is 3.17. The number of rotatable bonds is 12. The smallest absolute Gasteiger partial charge is 0.240 e. The molecule has 0 radical (unpaired) electrons.